The number of hydrogen-bond acceptors (Lipinski definition) is 5. The number of piperazine rings is 1. The third kappa shape index (κ3) is 3.10. The van der Waals surface area contributed by atoms with Gasteiger partial charge in [0.2, 0.25) is 0 Å². The monoisotopic (exact) mass is 339 g/mol. The molecule has 0 spiro atoms. The van der Waals surface area contributed by atoms with Crippen LogP contribution in [0.3, 0.4) is 0 Å². The van der Waals surface area contributed by atoms with Gasteiger partial charge in [-0.3, -0.25) is 9.30 Å². The lowest BCUT2D eigenvalue weighted by Crippen LogP contribution is -2.47. The lowest BCUT2D eigenvalue weighted by Gasteiger charge is -2.36. The summed E-state index contributed by atoms with van der Waals surface area (Å²) in [6.07, 6.45) is 1.74. The van der Waals surface area contributed by atoms with Crippen LogP contribution in [-0.4, -0.2) is 56.9 Å². The molecule has 3 aromatic rings. The summed E-state index contributed by atoms with van der Waals surface area (Å²) in [4.78, 5) is 16.8. The maximum Gasteiger partial charge on any atom is 0.350 e. The molecule has 1 aliphatic rings. The first kappa shape index (κ1) is 15.7. The van der Waals surface area contributed by atoms with Gasteiger partial charge in [-0.15, -0.1) is 5.10 Å². The molecule has 1 saturated heterocycles. The van der Waals surface area contributed by atoms with Gasteiger partial charge in [0.05, 0.1) is 12.2 Å². The zero-order chi connectivity index (χ0) is 17.2. The summed E-state index contributed by atoms with van der Waals surface area (Å²) in [7, 11) is 0. The molecule has 2 aromatic heterocycles. The minimum atomic E-state index is -0.0940. The topological polar surface area (TPSA) is 66.0 Å². The number of aromatic nitrogens is 3. The molecule has 1 aliphatic heterocycles. The van der Waals surface area contributed by atoms with Crippen molar-refractivity contribution in [1.82, 2.24) is 19.1 Å². The largest absolute Gasteiger partial charge is 0.506 e. The molecule has 0 aliphatic carbocycles. The lowest BCUT2D eigenvalue weighted by atomic mass is 10.2. The number of fused-ring (bicyclic) bond motifs is 1. The highest BCUT2D eigenvalue weighted by Gasteiger charge is 2.19. The fraction of sp³-hybridized carbons (Fsp3) is 0.333. The number of aromatic hydroxyl groups is 1. The predicted octanol–water partition coefficient (Wildman–Crippen LogP) is 1.02. The molecular weight excluding hydrogens is 318 g/mol. The summed E-state index contributed by atoms with van der Waals surface area (Å²) < 4.78 is 3.10. The molecule has 1 N–H and O–H groups in total. The quantitative estimate of drug-likeness (QED) is 0.769. The molecule has 0 radical (unpaired) electrons. The Balaban J connectivity index is 1.36. The number of rotatable bonds is 4. The highest BCUT2D eigenvalue weighted by Crippen LogP contribution is 2.27. The molecule has 7 heteroatoms. The Morgan fingerprint density at radius 3 is 2.48 bits per heavy atom. The van der Waals surface area contributed by atoms with Gasteiger partial charge in [-0.2, -0.15) is 0 Å². The number of nitrogens with zero attached hydrogens (tertiary/aromatic N) is 5. The predicted molar refractivity (Wildman–Crippen MR) is 96.2 cm³/mol. The second kappa shape index (κ2) is 6.60. The molecule has 0 atom stereocenters. The van der Waals surface area contributed by atoms with Crippen molar-refractivity contribution in [1.29, 1.82) is 0 Å². The van der Waals surface area contributed by atoms with Gasteiger partial charge in [-0.05, 0) is 24.3 Å². The normalized spacial score (nSPS) is 15.8. The number of phenolic OH excluding ortho intramolecular Hbond substituents is 1. The van der Waals surface area contributed by atoms with Gasteiger partial charge in [0.25, 0.3) is 0 Å². The molecule has 3 heterocycles. The highest BCUT2D eigenvalue weighted by atomic mass is 16.3. The van der Waals surface area contributed by atoms with Crippen LogP contribution in [0.2, 0.25) is 0 Å². The molecule has 1 aromatic carbocycles. The second-order valence-corrected chi connectivity index (χ2v) is 6.25. The van der Waals surface area contributed by atoms with Crippen molar-refractivity contribution < 1.29 is 5.11 Å². The van der Waals surface area contributed by atoms with E-state index >= 15 is 0 Å². The van der Waals surface area contributed by atoms with E-state index in [2.05, 4.69) is 14.9 Å². The van der Waals surface area contributed by atoms with Crippen LogP contribution in [-0.2, 0) is 6.54 Å². The van der Waals surface area contributed by atoms with E-state index in [9.17, 15) is 9.90 Å². The Morgan fingerprint density at radius 1 is 0.960 bits per heavy atom. The van der Waals surface area contributed by atoms with Crippen molar-refractivity contribution in [3.8, 4) is 5.75 Å². The number of anilines is 1. The average molecular weight is 339 g/mol. The van der Waals surface area contributed by atoms with Gasteiger partial charge in [-0.25, -0.2) is 9.48 Å². The molecule has 0 unspecified atom stereocenters. The molecule has 7 nitrogen and oxygen atoms in total. The van der Waals surface area contributed by atoms with Gasteiger partial charge in [0.1, 0.15) is 5.75 Å². The van der Waals surface area contributed by atoms with Gasteiger partial charge in [-0.1, -0.05) is 18.2 Å². The molecule has 4 rings (SSSR count). The van der Waals surface area contributed by atoms with Crippen molar-refractivity contribution in [3.05, 3.63) is 59.1 Å². The zero-order valence-electron chi connectivity index (χ0n) is 14.0. The average Bonchev–Trinajstić information content (AvgIpc) is 2.97. The lowest BCUT2D eigenvalue weighted by molar-refractivity contribution is 0.243. The summed E-state index contributed by atoms with van der Waals surface area (Å²) in [5, 5.41) is 14.3. The smallest absolute Gasteiger partial charge is 0.350 e. The van der Waals surface area contributed by atoms with Gasteiger partial charge in [0.15, 0.2) is 5.65 Å². The van der Waals surface area contributed by atoms with Crippen molar-refractivity contribution in [2.45, 2.75) is 6.54 Å². The van der Waals surface area contributed by atoms with Crippen molar-refractivity contribution in [3.63, 3.8) is 0 Å². The van der Waals surface area contributed by atoms with E-state index in [1.54, 1.807) is 16.7 Å². The van der Waals surface area contributed by atoms with E-state index in [-0.39, 0.29) is 5.69 Å². The fourth-order valence-corrected chi connectivity index (χ4v) is 3.29. The molecule has 0 bridgehead atoms. The van der Waals surface area contributed by atoms with E-state index < -0.39 is 0 Å². The number of pyridine rings is 1. The first-order valence-electron chi connectivity index (χ1n) is 8.52. The van der Waals surface area contributed by atoms with Crippen LogP contribution in [0.5, 0.6) is 5.75 Å². The highest BCUT2D eigenvalue weighted by molar-refractivity contribution is 5.57. The summed E-state index contributed by atoms with van der Waals surface area (Å²) in [6, 6.07) is 13.0. The summed E-state index contributed by atoms with van der Waals surface area (Å²) in [5.74, 6) is 0.326. The Kier molecular flexibility index (Phi) is 4.15. The van der Waals surface area contributed by atoms with E-state index in [4.69, 9.17) is 0 Å². The van der Waals surface area contributed by atoms with Gasteiger partial charge >= 0.3 is 5.69 Å². The zero-order valence-corrected chi connectivity index (χ0v) is 14.0. The van der Waals surface area contributed by atoms with Crippen molar-refractivity contribution >= 4 is 11.3 Å². The maximum absolute atomic E-state index is 12.3. The number of phenols is 1. The van der Waals surface area contributed by atoms with Crippen LogP contribution in [0, 0.1) is 0 Å². The van der Waals surface area contributed by atoms with Crippen LogP contribution < -0.4 is 10.6 Å². The summed E-state index contributed by atoms with van der Waals surface area (Å²) >= 11 is 0. The van der Waals surface area contributed by atoms with Crippen molar-refractivity contribution in [2.24, 2.45) is 0 Å². The minimum Gasteiger partial charge on any atom is -0.506 e. The summed E-state index contributed by atoms with van der Waals surface area (Å²) in [6.45, 7) is 4.89. The van der Waals surface area contributed by atoms with Crippen LogP contribution in [0.25, 0.3) is 5.65 Å². The third-order valence-corrected chi connectivity index (χ3v) is 4.71. The molecular formula is C18H21N5O2. The number of hydrogen-bond donors (Lipinski definition) is 1. The van der Waals surface area contributed by atoms with E-state index in [1.807, 2.05) is 36.4 Å². The third-order valence-electron chi connectivity index (χ3n) is 4.71. The molecule has 1 fully saturated rings. The maximum atomic E-state index is 12.3. The van der Waals surface area contributed by atoms with E-state index in [1.165, 1.54) is 4.68 Å². The van der Waals surface area contributed by atoms with Crippen molar-refractivity contribution in [2.75, 3.05) is 37.6 Å². The number of benzene rings is 1. The fourth-order valence-electron chi connectivity index (χ4n) is 3.29. The minimum absolute atomic E-state index is 0.0940. The second-order valence-electron chi connectivity index (χ2n) is 6.25. The standard InChI is InChI=1S/C18H21N5O2/c24-16-6-2-1-5-15(16)21-12-9-20(10-13-21)11-14-23-18(25)22-8-4-3-7-17(22)19-23/h1-8,24H,9-14H2. The van der Waals surface area contributed by atoms with E-state index in [0.29, 0.717) is 17.9 Å². The van der Waals surface area contributed by atoms with Crippen LogP contribution in [0.15, 0.2) is 53.5 Å². The number of para-hydroxylation sites is 2. The van der Waals surface area contributed by atoms with Gasteiger partial charge in [0, 0.05) is 38.9 Å². The Morgan fingerprint density at radius 2 is 1.72 bits per heavy atom. The van der Waals surface area contributed by atoms with Crippen LogP contribution >= 0.6 is 0 Å². The summed E-state index contributed by atoms with van der Waals surface area (Å²) in [5.41, 5.74) is 1.47. The first-order chi connectivity index (χ1) is 12.2. The van der Waals surface area contributed by atoms with E-state index in [0.717, 1.165) is 38.4 Å². The molecule has 0 amide bonds. The Bertz CT molecular complexity index is 924. The van der Waals surface area contributed by atoms with Crippen LogP contribution in [0.4, 0.5) is 5.69 Å². The molecule has 130 valence electrons. The SMILES string of the molecule is O=c1n(CCN2CCN(c3ccccc3O)CC2)nc2ccccn12. The Labute approximate surface area is 145 Å². The van der Waals surface area contributed by atoms with Gasteiger partial charge < -0.3 is 10.0 Å². The molecule has 0 saturated carbocycles. The first-order valence-corrected chi connectivity index (χ1v) is 8.52. The van der Waals surface area contributed by atoms with Crippen LogP contribution in [0.1, 0.15) is 0 Å². The molecule has 25 heavy (non-hydrogen) atoms. The Hall–Kier alpha value is -2.80.